The molecule has 0 unspecified atom stereocenters. The number of imidazole rings is 2. The molecule has 0 amide bonds. The zero-order valence-electron chi connectivity index (χ0n) is 54.4. The first kappa shape index (κ1) is 70.5. The van der Waals surface area contributed by atoms with Crippen LogP contribution >= 0.6 is 0 Å². The number of fused-ring (bicyclic) bond motifs is 3. The average Bonchev–Trinajstić information content (AvgIpc) is 3.75. The highest BCUT2D eigenvalue weighted by molar-refractivity contribution is 5.75. The van der Waals surface area contributed by atoms with Gasteiger partial charge < -0.3 is 29.1 Å². The minimum absolute atomic E-state index is 0.135. The van der Waals surface area contributed by atoms with E-state index in [4.69, 9.17) is 0 Å². The second-order valence-electron chi connectivity index (χ2n) is 23.1. The van der Waals surface area contributed by atoms with Gasteiger partial charge in [-0.2, -0.15) is 0 Å². The van der Waals surface area contributed by atoms with E-state index in [1.54, 1.807) is 18.6 Å². The minimum atomic E-state index is -0.611. The molecule has 20 heteroatoms. The van der Waals surface area contributed by atoms with Gasteiger partial charge in [-0.3, -0.25) is 44.1 Å². The lowest BCUT2D eigenvalue weighted by atomic mass is 10.0. The Balaban J connectivity index is 0.000000218. The zero-order chi connectivity index (χ0) is 64.8. The monoisotopic (exact) mass is 1190 g/mol. The molecule has 6 N–H and O–H groups in total. The molecule has 0 spiro atoms. The Labute approximate surface area is 509 Å². The van der Waals surface area contributed by atoms with E-state index in [-0.39, 0.29) is 28.6 Å². The van der Waals surface area contributed by atoms with E-state index in [1.807, 2.05) is 89.3 Å². The van der Waals surface area contributed by atoms with Gasteiger partial charge in [-0.15, -0.1) is 0 Å². The fraction of sp³-hybridized carbons (Fsp3) is 0.433. The third-order valence-electron chi connectivity index (χ3n) is 13.9. The number of nitrogens with one attached hydrogen (secondary N) is 6. The highest BCUT2D eigenvalue weighted by atomic mass is 16.2. The molecule has 7 aromatic heterocycles. The number of nitrogens with zero attached hydrogens (tertiary/aromatic N) is 8. The second-order valence-corrected chi connectivity index (χ2v) is 23.1. The maximum atomic E-state index is 11.3. The lowest BCUT2D eigenvalue weighted by Crippen LogP contribution is -2.31. The molecule has 0 bridgehead atoms. The van der Waals surface area contributed by atoms with Crippen LogP contribution in [0.5, 0.6) is 0 Å². The molecule has 10 aromatic rings. The van der Waals surface area contributed by atoms with Crippen molar-refractivity contribution in [1.29, 1.82) is 0 Å². The molecule has 87 heavy (non-hydrogen) atoms. The molecule has 7 heterocycles. The molecular weight excluding hydrogens is 1100 g/mol. The van der Waals surface area contributed by atoms with Crippen LogP contribution in [0.2, 0.25) is 0 Å². The molecule has 0 radical (unpaired) electrons. The molecule has 0 fully saturated rings. The summed E-state index contributed by atoms with van der Waals surface area (Å²) in [6, 6.07) is 19.8. The third-order valence-corrected chi connectivity index (χ3v) is 13.9. The summed E-state index contributed by atoms with van der Waals surface area (Å²) in [6.07, 6.45) is 11.5. The Morgan fingerprint density at radius 3 is 1.52 bits per heavy atom. The molecule has 20 nitrogen and oxygen atoms in total. The van der Waals surface area contributed by atoms with Crippen LogP contribution in [0.15, 0.2) is 127 Å². The molecule has 0 aliphatic heterocycles. The van der Waals surface area contributed by atoms with E-state index in [1.165, 1.54) is 33.4 Å². The van der Waals surface area contributed by atoms with Crippen LogP contribution < -0.4 is 33.6 Å². The van der Waals surface area contributed by atoms with Gasteiger partial charge in [0.15, 0.2) is 0 Å². The summed E-state index contributed by atoms with van der Waals surface area (Å²) in [6.45, 7) is 40.9. The van der Waals surface area contributed by atoms with Crippen LogP contribution in [-0.4, -0.2) is 68.9 Å². The number of hydrogen-bond acceptors (Lipinski definition) is 12. The maximum absolute atomic E-state index is 11.3. The highest BCUT2D eigenvalue weighted by Crippen LogP contribution is 2.20. The van der Waals surface area contributed by atoms with Crippen molar-refractivity contribution >= 4 is 33.1 Å². The zero-order valence-corrected chi connectivity index (χ0v) is 54.4. The molecule has 0 saturated heterocycles. The summed E-state index contributed by atoms with van der Waals surface area (Å²) in [5.74, 6) is 4.96. The summed E-state index contributed by atoms with van der Waals surface area (Å²) in [4.78, 5) is 108. The van der Waals surface area contributed by atoms with E-state index in [0.29, 0.717) is 58.3 Å². The summed E-state index contributed by atoms with van der Waals surface area (Å²) in [5, 5.41) is 0. The predicted octanol–water partition coefficient (Wildman–Crippen LogP) is 12.5. The Bertz CT molecular complexity index is 4070. The molecule has 0 aliphatic carbocycles. The van der Waals surface area contributed by atoms with Crippen LogP contribution in [0.3, 0.4) is 0 Å². The Morgan fingerprint density at radius 1 is 0.460 bits per heavy atom. The summed E-state index contributed by atoms with van der Waals surface area (Å²) in [7, 11) is 0. The van der Waals surface area contributed by atoms with Gasteiger partial charge in [0.25, 0.3) is 11.1 Å². The van der Waals surface area contributed by atoms with E-state index in [0.717, 1.165) is 57.9 Å². The van der Waals surface area contributed by atoms with Crippen LogP contribution in [-0.2, 0) is 19.5 Å². The van der Waals surface area contributed by atoms with Crippen molar-refractivity contribution in [2.24, 2.45) is 0 Å². The average molecular weight is 1190 g/mol. The molecule has 3 aromatic carbocycles. The smallest absolute Gasteiger partial charge is 0.328 e. The first-order valence-corrected chi connectivity index (χ1v) is 30.0. The minimum Gasteiger partial charge on any atom is -0.346 e. The first-order chi connectivity index (χ1) is 41.1. The maximum Gasteiger partial charge on any atom is 0.328 e. The van der Waals surface area contributed by atoms with Gasteiger partial charge in [0.1, 0.15) is 11.6 Å². The number of H-pyrrole nitrogens is 6. The molecule has 0 saturated carbocycles. The van der Waals surface area contributed by atoms with Gasteiger partial charge in [0.2, 0.25) is 0 Å². The lowest BCUT2D eigenvalue weighted by Gasteiger charge is -2.06. The van der Waals surface area contributed by atoms with Crippen LogP contribution in [0.25, 0.3) is 33.1 Å². The third kappa shape index (κ3) is 21.2. The van der Waals surface area contributed by atoms with E-state index >= 15 is 0 Å². The molecule has 0 aliphatic rings. The molecular formula is C67H92N14O6. The number of benzene rings is 3. The number of rotatable bonds is 10. The summed E-state index contributed by atoms with van der Waals surface area (Å²) < 4.78 is 3.67. The van der Waals surface area contributed by atoms with E-state index < -0.39 is 16.8 Å². The summed E-state index contributed by atoms with van der Waals surface area (Å²) in [5.41, 5.74) is 11.0. The van der Waals surface area contributed by atoms with Crippen molar-refractivity contribution < 1.29 is 0 Å². The summed E-state index contributed by atoms with van der Waals surface area (Å²) >= 11 is 0. The van der Waals surface area contributed by atoms with E-state index in [9.17, 15) is 28.8 Å². The molecule has 10 rings (SSSR count). The fourth-order valence-corrected chi connectivity index (χ4v) is 8.50. The standard InChI is InChI=1S/C11H12N2O2.2C11H12N2.C9H14N2O2.2C9H16N2.C7H10N2O2/c1-6(2)7-3-4-8-9(5-7)13-11(15)10(14)12-8;1-8(2)9-3-4-10-11(7-9)13-6-5-12-10;1-8(2)11-7-12-9-5-3-4-6-10(9)13-11;1-4-11-5-7(6(2)3)8(12)10-9(11)13;1-5-11-6-9(7(2)3)10-8(11)4;1-5-8-10-7(4)9(11-8)6(2)3;1-4(2)5-3-8-7(11)9-6(5)10/h3-6H,1-2H3,(H,12,14)(H,13,15);2*3-8H,1-2H3;5-6H,4H2,1-3H3,(H,10,12,13);6-7H,5H2,1-4H3;6H,5H2,1-4H3,(H,10,11);3-4H,1-2H3,(H2,8,9,10,11). The van der Waals surface area contributed by atoms with Gasteiger partial charge in [0.05, 0.1) is 50.2 Å². The first-order valence-electron chi connectivity index (χ1n) is 30.0. The van der Waals surface area contributed by atoms with Gasteiger partial charge in [-0.25, -0.2) is 24.5 Å². The number of hydrogen-bond donors (Lipinski definition) is 6. The normalized spacial score (nSPS) is 10.9. The van der Waals surface area contributed by atoms with Crippen LogP contribution in [0, 0.1) is 13.8 Å². The number of aromatic amines is 6. The number of aromatic nitrogens is 14. The van der Waals surface area contributed by atoms with Crippen molar-refractivity contribution in [2.75, 3.05) is 0 Å². The SMILES string of the molecule is CC(C)c1c[nH]c(=O)[nH]c1=O.CC(C)c1ccc2[nH]c(=O)c(=O)[nH]c2c1.CC(C)c1ccc2nccnc2c1.CC(C)c1cnc2ccccc2n1.CCc1nc(C(C)C)c(C)[nH]1.CCn1cc(C(C)C)c(=O)[nH]c1=O.CCn1cc(C(C)C)nc1C. The highest BCUT2D eigenvalue weighted by Gasteiger charge is 2.11. The van der Waals surface area contributed by atoms with Crippen molar-refractivity contribution in [1.82, 2.24) is 68.9 Å². The topological polar surface area (TPSA) is 284 Å². The van der Waals surface area contributed by atoms with Gasteiger partial charge >= 0.3 is 22.5 Å². The Morgan fingerprint density at radius 2 is 1.01 bits per heavy atom. The van der Waals surface area contributed by atoms with Crippen molar-refractivity contribution in [3.63, 3.8) is 0 Å². The Hall–Kier alpha value is -8.94. The van der Waals surface area contributed by atoms with Crippen molar-refractivity contribution in [2.45, 2.75) is 192 Å². The van der Waals surface area contributed by atoms with Gasteiger partial charge in [-0.05, 0) is 117 Å². The number of para-hydroxylation sites is 2. The van der Waals surface area contributed by atoms with E-state index in [2.05, 4.69) is 180 Å². The lowest BCUT2D eigenvalue weighted by molar-refractivity contribution is 0.669. The predicted molar refractivity (Wildman–Crippen MR) is 353 cm³/mol. The fourth-order valence-electron chi connectivity index (χ4n) is 8.50. The van der Waals surface area contributed by atoms with Gasteiger partial charge in [0, 0.05) is 73.5 Å². The van der Waals surface area contributed by atoms with Crippen LogP contribution in [0.4, 0.5) is 0 Å². The Kier molecular flexibility index (Phi) is 27.3. The quantitative estimate of drug-likeness (QED) is 0.0697. The molecule has 466 valence electrons. The molecule has 0 atom stereocenters. The van der Waals surface area contributed by atoms with Crippen molar-refractivity contribution in [3.05, 3.63) is 217 Å². The second kappa shape index (κ2) is 33.7. The largest absolute Gasteiger partial charge is 0.346 e. The van der Waals surface area contributed by atoms with Crippen molar-refractivity contribution in [3.8, 4) is 0 Å². The number of aryl methyl sites for hydroxylation is 5. The van der Waals surface area contributed by atoms with Gasteiger partial charge in [-0.1, -0.05) is 128 Å². The van der Waals surface area contributed by atoms with Crippen LogP contribution in [0.1, 0.15) is 216 Å².